The Hall–Kier alpha value is -4.26. The molecule has 3 aromatic rings. The Balaban J connectivity index is 1.54. The maximum absolute atomic E-state index is 12.5. The van der Waals surface area contributed by atoms with Crippen LogP contribution in [0.15, 0.2) is 96.3 Å². The molecule has 2 N–H and O–H groups in total. The summed E-state index contributed by atoms with van der Waals surface area (Å²) in [5.41, 5.74) is 3.96. The SMILES string of the molecule is COc1cncc(C2=N/C(N[C@@H](C)c3cccc(NC(=O)c4cccnc4)c3)=C\C(C)CC=C2)c1. The van der Waals surface area contributed by atoms with E-state index in [9.17, 15) is 4.79 Å². The molecule has 1 unspecified atom stereocenters. The highest BCUT2D eigenvalue weighted by molar-refractivity contribution is 6.09. The first kappa shape index (κ1) is 23.9. The van der Waals surface area contributed by atoms with Crippen molar-refractivity contribution in [3.05, 3.63) is 108 Å². The first-order valence-electron chi connectivity index (χ1n) is 11.6. The Morgan fingerprint density at radius 3 is 2.80 bits per heavy atom. The van der Waals surface area contributed by atoms with E-state index in [1.807, 2.05) is 36.4 Å². The number of benzene rings is 1. The third-order valence-corrected chi connectivity index (χ3v) is 5.64. The average Bonchev–Trinajstić information content (AvgIpc) is 2.87. The molecule has 2 aromatic heterocycles. The number of aliphatic imine (C=N–C) groups is 1. The largest absolute Gasteiger partial charge is 0.495 e. The van der Waals surface area contributed by atoms with Crippen LogP contribution in [0.4, 0.5) is 5.69 Å². The van der Waals surface area contributed by atoms with Crippen molar-refractivity contribution in [3.8, 4) is 5.75 Å². The van der Waals surface area contributed by atoms with E-state index in [2.05, 4.69) is 46.6 Å². The molecule has 1 aliphatic heterocycles. The van der Waals surface area contributed by atoms with E-state index in [1.54, 1.807) is 44.0 Å². The number of pyridine rings is 2. The summed E-state index contributed by atoms with van der Waals surface area (Å²) in [4.78, 5) is 25.7. The number of nitrogens with one attached hydrogen (secondary N) is 2. The lowest BCUT2D eigenvalue weighted by Crippen LogP contribution is -2.20. The smallest absolute Gasteiger partial charge is 0.257 e. The van der Waals surface area contributed by atoms with Gasteiger partial charge in [-0.15, -0.1) is 0 Å². The fraction of sp³-hybridized carbons (Fsp3) is 0.214. The van der Waals surface area contributed by atoms with Crippen molar-refractivity contribution < 1.29 is 9.53 Å². The van der Waals surface area contributed by atoms with Gasteiger partial charge in [0, 0.05) is 29.8 Å². The van der Waals surface area contributed by atoms with E-state index in [-0.39, 0.29) is 11.9 Å². The number of amides is 1. The molecule has 178 valence electrons. The van der Waals surface area contributed by atoms with Crippen molar-refractivity contribution in [2.75, 3.05) is 12.4 Å². The number of rotatable bonds is 7. The number of nitrogens with zero attached hydrogens (tertiary/aromatic N) is 3. The summed E-state index contributed by atoms with van der Waals surface area (Å²) in [5.74, 6) is 1.61. The monoisotopic (exact) mass is 467 g/mol. The third kappa shape index (κ3) is 6.41. The third-order valence-electron chi connectivity index (χ3n) is 5.64. The highest BCUT2D eigenvalue weighted by Gasteiger charge is 2.13. The minimum atomic E-state index is -0.194. The van der Waals surface area contributed by atoms with Crippen LogP contribution in [0.3, 0.4) is 0 Å². The predicted molar refractivity (Wildman–Crippen MR) is 139 cm³/mol. The first-order valence-corrected chi connectivity index (χ1v) is 11.6. The fourth-order valence-corrected chi connectivity index (χ4v) is 3.74. The zero-order valence-corrected chi connectivity index (χ0v) is 20.1. The van der Waals surface area contributed by atoms with Gasteiger partial charge in [0.15, 0.2) is 0 Å². The van der Waals surface area contributed by atoms with E-state index >= 15 is 0 Å². The molecule has 0 fully saturated rings. The van der Waals surface area contributed by atoms with Gasteiger partial charge < -0.3 is 15.4 Å². The standard InChI is InChI=1S/C28H29N5O2/c1-19-7-4-11-26(23-15-25(35-3)18-30-17-23)33-27(13-19)31-20(2)21-8-5-10-24(14-21)32-28(34)22-9-6-12-29-16-22/h4-6,8-20,31H,7H2,1-3H3,(H,32,34)/b11-4?,27-13-,33-26?/t19?,20-/m0/s1. The minimum Gasteiger partial charge on any atom is -0.495 e. The van der Waals surface area contributed by atoms with Crippen LogP contribution < -0.4 is 15.4 Å². The van der Waals surface area contributed by atoms with Gasteiger partial charge in [-0.3, -0.25) is 14.8 Å². The van der Waals surface area contributed by atoms with Gasteiger partial charge in [0.1, 0.15) is 11.6 Å². The van der Waals surface area contributed by atoms with E-state index in [1.165, 1.54) is 0 Å². The van der Waals surface area contributed by atoms with Crippen LogP contribution >= 0.6 is 0 Å². The van der Waals surface area contributed by atoms with Gasteiger partial charge in [-0.2, -0.15) is 0 Å². The van der Waals surface area contributed by atoms with Crippen molar-refractivity contribution in [1.29, 1.82) is 0 Å². The normalized spacial score (nSPS) is 17.7. The number of carbonyl (C=O) groups excluding carboxylic acids is 1. The van der Waals surface area contributed by atoms with Gasteiger partial charge in [-0.1, -0.05) is 25.1 Å². The Kier molecular flexibility index (Phi) is 7.67. The molecule has 0 saturated heterocycles. The number of hydrogen-bond acceptors (Lipinski definition) is 6. The van der Waals surface area contributed by atoms with Gasteiger partial charge >= 0.3 is 0 Å². The molecule has 0 aliphatic carbocycles. The van der Waals surface area contributed by atoms with Crippen molar-refractivity contribution in [1.82, 2.24) is 15.3 Å². The molecule has 1 aliphatic rings. The summed E-state index contributed by atoms with van der Waals surface area (Å²) in [6.45, 7) is 4.24. The predicted octanol–water partition coefficient (Wildman–Crippen LogP) is 5.31. The Morgan fingerprint density at radius 1 is 1.11 bits per heavy atom. The second kappa shape index (κ2) is 11.2. The number of ether oxygens (including phenoxy) is 1. The van der Waals surface area contributed by atoms with Crippen LogP contribution in [0, 0.1) is 5.92 Å². The lowest BCUT2D eigenvalue weighted by Gasteiger charge is -2.20. The molecule has 1 aromatic carbocycles. The van der Waals surface area contributed by atoms with Crippen LogP contribution in [0.1, 0.15) is 47.8 Å². The maximum atomic E-state index is 12.5. The van der Waals surface area contributed by atoms with Gasteiger partial charge in [-0.25, -0.2) is 4.99 Å². The van der Waals surface area contributed by atoms with Crippen LogP contribution in [-0.4, -0.2) is 28.7 Å². The Bertz CT molecular complexity index is 1270. The molecule has 1 amide bonds. The van der Waals surface area contributed by atoms with Crippen molar-refractivity contribution in [2.24, 2.45) is 10.9 Å². The van der Waals surface area contributed by atoms with E-state index in [0.717, 1.165) is 34.8 Å². The highest BCUT2D eigenvalue weighted by Crippen LogP contribution is 2.22. The quantitative estimate of drug-likeness (QED) is 0.491. The molecular formula is C28H29N5O2. The zero-order valence-electron chi connectivity index (χ0n) is 20.1. The van der Waals surface area contributed by atoms with Crippen LogP contribution in [0.5, 0.6) is 5.75 Å². The van der Waals surface area contributed by atoms with Crippen LogP contribution in [0.25, 0.3) is 0 Å². The molecule has 0 spiro atoms. The number of anilines is 1. The summed E-state index contributed by atoms with van der Waals surface area (Å²) in [6, 6.07) is 13.2. The van der Waals surface area contributed by atoms with Crippen molar-refractivity contribution in [3.63, 3.8) is 0 Å². The molecule has 35 heavy (non-hydrogen) atoms. The molecule has 7 nitrogen and oxygen atoms in total. The van der Waals surface area contributed by atoms with Crippen molar-refractivity contribution >= 4 is 17.3 Å². The Morgan fingerprint density at radius 2 is 2.00 bits per heavy atom. The minimum absolute atomic E-state index is 0.0412. The van der Waals surface area contributed by atoms with Gasteiger partial charge in [0.25, 0.3) is 5.91 Å². The van der Waals surface area contributed by atoms with Crippen LogP contribution in [-0.2, 0) is 0 Å². The summed E-state index contributed by atoms with van der Waals surface area (Å²) < 4.78 is 5.33. The van der Waals surface area contributed by atoms with E-state index in [0.29, 0.717) is 17.2 Å². The average molecular weight is 468 g/mol. The summed E-state index contributed by atoms with van der Waals surface area (Å²) in [5, 5.41) is 6.48. The number of allylic oxidation sites excluding steroid dienone is 3. The molecule has 0 radical (unpaired) electrons. The number of hydrogen-bond donors (Lipinski definition) is 2. The topological polar surface area (TPSA) is 88.5 Å². The molecule has 7 heteroatoms. The second-order valence-corrected chi connectivity index (χ2v) is 8.47. The van der Waals surface area contributed by atoms with E-state index in [4.69, 9.17) is 9.73 Å². The maximum Gasteiger partial charge on any atom is 0.257 e. The summed E-state index contributed by atoms with van der Waals surface area (Å²) >= 11 is 0. The number of aromatic nitrogens is 2. The lowest BCUT2D eigenvalue weighted by molar-refractivity contribution is 0.102. The zero-order chi connectivity index (χ0) is 24.6. The van der Waals surface area contributed by atoms with Gasteiger partial charge in [0.05, 0.1) is 30.6 Å². The van der Waals surface area contributed by atoms with Gasteiger partial charge in [0.2, 0.25) is 0 Å². The molecule has 2 atom stereocenters. The lowest BCUT2D eigenvalue weighted by atomic mass is 10.0. The molecule has 0 bridgehead atoms. The molecule has 4 rings (SSSR count). The van der Waals surface area contributed by atoms with Gasteiger partial charge in [-0.05, 0) is 67.3 Å². The highest BCUT2D eigenvalue weighted by atomic mass is 16.5. The fourth-order valence-electron chi connectivity index (χ4n) is 3.74. The Labute approximate surface area is 205 Å². The van der Waals surface area contributed by atoms with E-state index < -0.39 is 0 Å². The molecular weight excluding hydrogens is 438 g/mol. The number of carbonyl (C=O) groups is 1. The summed E-state index contributed by atoms with van der Waals surface area (Å²) in [6.07, 6.45) is 13.9. The molecule has 0 saturated carbocycles. The molecule has 3 heterocycles. The first-order chi connectivity index (χ1) is 17.0. The second-order valence-electron chi connectivity index (χ2n) is 8.47. The number of methoxy groups -OCH3 is 1. The summed E-state index contributed by atoms with van der Waals surface area (Å²) in [7, 11) is 1.63. The van der Waals surface area contributed by atoms with Crippen molar-refractivity contribution in [2.45, 2.75) is 26.3 Å². The van der Waals surface area contributed by atoms with Crippen LogP contribution in [0.2, 0.25) is 0 Å².